The molecule has 1 aliphatic rings. The van der Waals surface area contributed by atoms with Gasteiger partial charge in [0.25, 0.3) is 10.2 Å². The number of halogens is 3. The van der Waals surface area contributed by atoms with Gasteiger partial charge in [-0.15, -0.1) is 0 Å². The minimum absolute atomic E-state index is 0.0262. The summed E-state index contributed by atoms with van der Waals surface area (Å²) in [7, 11) is -3.92. The lowest BCUT2D eigenvalue weighted by Gasteiger charge is -2.32. The van der Waals surface area contributed by atoms with Gasteiger partial charge in [-0.2, -0.15) is 25.9 Å². The average Bonchev–Trinajstić information content (AvgIpc) is 2.44. The van der Waals surface area contributed by atoms with Gasteiger partial charge in [0.1, 0.15) is 0 Å². The minimum Gasteiger partial charge on any atom is -0.317 e. The van der Waals surface area contributed by atoms with Gasteiger partial charge in [-0.1, -0.05) is 12.1 Å². The lowest BCUT2D eigenvalue weighted by atomic mass is 10.1. The number of nitrogens with two attached hydrogens (primary N) is 1. The van der Waals surface area contributed by atoms with Crippen molar-refractivity contribution in [3.63, 3.8) is 0 Å². The van der Waals surface area contributed by atoms with E-state index in [0.717, 1.165) is 16.4 Å². The number of piperidine rings is 1. The first-order chi connectivity index (χ1) is 10.2. The maximum atomic E-state index is 12.5. The smallest absolute Gasteiger partial charge is 0.317 e. The molecule has 5 nitrogen and oxygen atoms in total. The molecule has 0 atom stereocenters. The van der Waals surface area contributed by atoms with Crippen LogP contribution >= 0.6 is 0 Å². The van der Waals surface area contributed by atoms with Crippen LogP contribution in [0.25, 0.3) is 0 Å². The molecule has 0 unspecified atom stereocenters. The molecule has 1 aromatic carbocycles. The summed E-state index contributed by atoms with van der Waals surface area (Å²) in [4.78, 5) is 0. The summed E-state index contributed by atoms with van der Waals surface area (Å²) in [6.45, 7) is 1.34. The Morgan fingerprint density at radius 1 is 1.18 bits per heavy atom. The van der Waals surface area contributed by atoms with Crippen LogP contribution in [0, 0.1) is 0 Å². The highest BCUT2D eigenvalue weighted by Gasteiger charge is 2.31. The van der Waals surface area contributed by atoms with Crippen LogP contribution < -0.4 is 10.5 Å². The first kappa shape index (κ1) is 17.2. The molecular formula is C13H18F3N3O2S. The van der Waals surface area contributed by atoms with Gasteiger partial charge in [-0.25, -0.2) is 5.14 Å². The number of nitrogens with one attached hydrogen (secondary N) is 1. The topological polar surface area (TPSA) is 75.4 Å². The van der Waals surface area contributed by atoms with E-state index in [1.807, 2.05) is 0 Å². The Morgan fingerprint density at radius 2 is 1.73 bits per heavy atom. The largest absolute Gasteiger partial charge is 0.416 e. The van der Waals surface area contributed by atoms with Crippen LogP contribution in [0.4, 0.5) is 13.2 Å². The Hall–Kier alpha value is -1.16. The van der Waals surface area contributed by atoms with E-state index < -0.39 is 21.9 Å². The van der Waals surface area contributed by atoms with Crippen LogP contribution in [-0.2, 0) is 22.9 Å². The number of rotatable bonds is 4. The second kappa shape index (κ2) is 6.53. The second-order valence-electron chi connectivity index (χ2n) is 5.27. The van der Waals surface area contributed by atoms with Gasteiger partial charge in [-0.3, -0.25) is 0 Å². The van der Waals surface area contributed by atoms with E-state index in [2.05, 4.69) is 5.32 Å². The summed E-state index contributed by atoms with van der Waals surface area (Å²) in [6, 6.07) is 4.21. The van der Waals surface area contributed by atoms with Crippen molar-refractivity contribution in [2.24, 2.45) is 5.14 Å². The SMILES string of the molecule is NS(=O)(=O)N(Cc1ccc(C(F)(F)F)cc1)C1CCNCC1. The summed E-state index contributed by atoms with van der Waals surface area (Å²) in [6.07, 6.45) is -3.17. The molecule has 3 N–H and O–H groups in total. The number of benzene rings is 1. The molecule has 0 aliphatic carbocycles. The Kier molecular flexibility index (Phi) is 5.10. The second-order valence-corrected chi connectivity index (χ2v) is 6.76. The first-order valence-corrected chi connectivity index (χ1v) is 8.34. The fourth-order valence-corrected chi connectivity index (χ4v) is 3.46. The minimum atomic E-state index is -4.41. The van der Waals surface area contributed by atoms with Crippen molar-refractivity contribution in [3.8, 4) is 0 Å². The Labute approximate surface area is 127 Å². The first-order valence-electron chi connectivity index (χ1n) is 6.84. The zero-order valence-electron chi connectivity index (χ0n) is 11.8. The third-order valence-electron chi connectivity index (χ3n) is 3.66. The molecule has 9 heteroatoms. The molecule has 0 spiro atoms. The Balaban J connectivity index is 2.17. The molecule has 0 aromatic heterocycles. The molecular weight excluding hydrogens is 319 g/mol. The monoisotopic (exact) mass is 337 g/mol. The summed E-state index contributed by atoms with van der Waals surface area (Å²) >= 11 is 0. The molecule has 2 rings (SSSR count). The predicted octanol–water partition coefficient (Wildman–Crippen LogP) is 1.46. The van der Waals surface area contributed by atoms with Crippen molar-refractivity contribution in [2.45, 2.75) is 31.6 Å². The maximum Gasteiger partial charge on any atom is 0.416 e. The van der Waals surface area contributed by atoms with Crippen molar-refractivity contribution in [1.29, 1.82) is 0 Å². The maximum absolute atomic E-state index is 12.5. The summed E-state index contributed by atoms with van der Waals surface area (Å²) in [5, 5.41) is 8.38. The zero-order chi connectivity index (χ0) is 16.4. The quantitative estimate of drug-likeness (QED) is 0.873. The van der Waals surface area contributed by atoms with Crippen LogP contribution in [0.15, 0.2) is 24.3 Å². The standard InChI is InChI=1S/C13H18F3N3O2S/c14-13(15,16)11-3-1-10(2-4-11)9-19(22(17,20)21)12-5-7-18-8-6-12/h1-4,12,18H,5-9H2,(H2,17,20,21). The average molecular weight is 337 g/mol. The fraction of sp³-hybridized carbons (Fsp3) is 0.538. The molecule has 1 aromatic rings. The van der Waals surface area contributed by atoms with Gasteiger partial charge in [0, 0.05) is 12.6 Å². The van der Waals surface area contributed by atoms with Gasteiger partial charge in [0.05, 0.1) is 5.56 Å². The fourth-order valence-electron chi connectivity index (χ4n) is 2.50. The molecule has 0 amide bonds. The normalized spacial score (nSPS) is 17.9. The van der Waals surface area contributed by atoms with Crippen molar-refractivity contribution in [1.82, 2.24) is 9.62 Å². The van der Waals surface area contributed by atoms with E-state index in [1.54, 1.807) is 0 Å². The van der Waals surface area contributed by atoms with E-state index in [9.17, 15) is 21.6 Å². The third kappa shape index (κ3) is 4.42. The van der Waals surface area contributed by atoms with E-state index in [-0.39, 0.29) is 12.6 Å². The highest BCUT2D eigenvalue weighted by molar-refractivity contribution is 7.86. The number of alkyl halides is 3. The van der Waals surface area contributed by atoms with Gasteiger partial charge >= 0.3 is 6.18 Å². The molecule has 22 heavy (non-hydrogen) atoms. The van der Waals surface area contributed by atoms with Gasteiger partial charge < -0.3 is 5.32 Å². The van der Waals surface area contributed by atoms with Crippen molar-refractivity contribution >= 4 is 10.2 Å². The van der Waals surface area contributed by atoms with Crippen LogP contribution in [0.5, 0.6) is 0 Å². The third-order valence-corrected chi connectivity index (χ3v) is 4.74. The molecule has 1 saturated heterocycles. The van der Waals surface area contributed by atoms with Crippen molar-refractivity contribution < 1.29 is 21.6 Å². The summed E-state index contributed by atoms with van der Waals surface area (Å²) in [5.41, 5.74) is -0.291. The zero-order valence-corrected chi connectivity index (χ0v) is 12.6. The van der Waals surface area contributed by atoms with E-state index in [4.69, 9.17) is 5.14 Å². The van der Waals surface area contributed by atoms with Crippen molar-refractivity contribution in [2.75, 3.05) is 13.1 Å². The van der Waals surface area contributed by atoms with Gasteiger partial charge in [-0.05, 0) is 43.6 Å². The lowest BCUT2D eigenvalue weighted by Crippen LogP contribution is -2.48. The highest BCUT2D eigenvalue weighted by atomic mass is 32.2. The molecule has 124 valence electrons. The number of hydrogen-bond donors (Lipinski definition) is 2. The van der Waals surface area contributed by atoms with Gasteiger partial charge in [0.15, 0.2) is 0 Å². The lowest BCUT2D eigenvalue weighted by molar-refractivity contribution is -0.137. The molecule has 0 radical (unpaired) electrons. The predicted molar refractivity (Wildman–Crippen MR) is 76.0 cm³/mol. The molecule has 1 heterocycles. The van der Waals surface area contributed by atoms with Crippen LogP contribution in [0.2, 0.25) is 0 Å². The Bertz CT molecular complexity index is 596. The highest BCUT2D eigenvalue weighted by Crippen LogP contribution is 2.29. The molecule has 1 fully saturated rings. The molecule has 1 aliphatic heterocycles. The van der Waals surface area contributed by atoms with E-state index in [0.29, 0.717) is 31.5 Å². The van der Waals surface area contributed by atoms with Crippen LogP contribution in [0.1, 0.15) is 24.0 Å². The van der Waals surface area contributed by atoms with E-state index in [1.165, 1.54) is 12.1 Å². The van der Waals surface area contributed by atoms with E-state index >= 15 is 0 Å². The van der Waals surface area contributed by atoms with Crippen LogP contribution in [-0.4, -0.2) is 31.9 Å². The van der Waals surface area contributed by atoms with Crippen molar-refractivity contribution in [3.05, 3.63) is 35.4 Å². The number of nitrogens with zero attached hydrogens (tertiary/aromatic N) is 1. The molecule has 0 bridgehead atoms. The van der Waals surface area contributed by atoms with Crippen LogP contribution in [0.3, 0.4) is 0 Å². The van der Waals surface area contributed by atoms with Gasteiger partial charge in [0.2, 0.25) is 0 Å². The Morgan fingerprint density at radius 3 is 2.18 bits per heavy atom. The number of hydrogen-bond acceptors (Lipinski definition) is 3. The summed E-state index contributed by atoms with van der Waals surface area (Å²) < 4.78 is 62.3. The molecule has 0 saturated carbocycles. The summed E-state index contributed by atoms with van der Waals surface area (Å²) in [5.74, 6) is 0.